The van der Waals surface area contributed by atoms with E-state index < -0.39 is 204 Å². The van der Waals surface area contributed by atoms with E-state index in [2.05, 4.69) is 32.3 Å². The molecule has 0 saturated heterocycles. The number of anilines is 1. The van der Waals surface area contributed by atoms with E-state index in [9.17, 15) is 39.4 Å². The number of amides is 2. The number of carbonyl (C=O) groups is 2. The van der Waals surface area contributed by atoms with Crippen LogP contribution in [0.3, 0.4) is 0 Å². The van der Waals surface area contributed by atoms with Crippen molar-refractivity contribution in [2.45, 2.75) is 200 Å². The molecular formula is C65H76ClF10N7O13P2S2. The minimum Gasteiger partial charge on any atom is -0.404 e. The van der Waals surface area contributed by atoms with Gasteiger partial charge in [-0.2, -0.15) is 49.6 Å². The van der Waals surface area contributed by atoms with Crippen molar-refractivity contribution < 1.29 is 102 Å². The molecular weight excluding hydrogens is 1440 g/mol. The minimum absolute atomic E-state index is 0.00800. The second-order valence-electron chi connectivity index (χ2n) is 28.4. The van der Waals surface area contributed by atoms with Gasteiger partial charge in [0.05, 0.1) is 62.6 Å². The molecule has 1 N–H and O–H groups in total. The summed E-state index contributed by atoms with van der Waals surface area (Å²) in [5, 5.41) is 8.69. The number of sulfone groups is 1. The smallest absolute Gasteiger partial charge is 0.404 e. The van der Waals surface area contributed by atoms with Crippen molar-refractivity contribution in [1.82, 2.24) is 29.9 Å². The van der Waals surface area contributed by atoms with E-state index in [1.807, 2.05) is 0 Å². The van der Waals surface area contributed by atoms with E-state index in [4.69, 9.17) is 34.2 Å². The average molecular weight is 1510 g/mol. The first kappa shape index (κ1) is 79.3. The summed E-state index contributed by atoms with van der Waals surface area (Å²) in [6.07, 6.45) is -12.6. The van der Waals surface area contributed by atoms with Gasteiger partial charge in [0.2, 0.25) is 21.8 Å². The Bertz CT molecular complexity index is 4600. The lowest BCUT2D eigenvalue weighted by Gasteiger charge is -2.35. The number of sulfonamides is 1. The van der Waals surface area contributed by atoms with Gasteiger partial charge in [0, 0.05) is 52.3 Å². The van der Waals surface area contributed by atoms with Gasteiger partial charge in [-0.25, -0.2) is 35.2 Å². The molecule has 2 aliphatic rings. The fourth-order valence-electron chi connectivity index (χ4n) is 11.8. The van der Waals surface area contributed by atoms with Crippen molar-refractivity contribution in [1.29, 1.82) is 0 Å². The highest BCUT2D eigenvalue weighted by molar-refractivity contribution is 7.93. The topological polar surface area (TPSA) is 247 Å². The van der Waals surface area contributed by atoms with Gasteiger partial charge in [0.1, 0.15) is 46.6 Å². The molecule has 0 radical (unpaired) electrons. The van der Waals surface area contributed by atoms with Crippen LogP contribution in [-0.4, -0.2) is 100 Å². The van der Waals surface area contributed by atoms with Crippen molar-refractivity contribution in [2.24, 2.45) is 5.92 Å². The van der Waals surface area contributed by atoms with E-state index in [-0.39, 0.29) is 59.1 Å². The number of fused-ring (bicyclic) bond motifs is 4. The van der Waals surface area contributed by atoms with Crippen LogP contribution in [0.25, 0.3) is 22.0 Å². The predicted octanol–water partition coefficient (Wildman–Crippen LogP) is 15.0. The van der Waals surface area contributed by atoms with Crippen molar-refractivity contribution in [3.05, 3.63) is 116 Å². The summed E-state index contributed by atoms with van der Waals surface area (Å²) in [5.74, 6) is -8.08. The molecule has 0 bridgehead atoms. The quantitative estimate of drug-likeness (QED) is 0.0356. The number of phosphoric ester groups is 1. The zero-order valence-electron chi connectivity index (χ0n) is 57.5. The summed E-state index contributed by atoms with van der Waals surface area (Å²) < 4.78 is 265. The SMILES string of the molecule is Cc1cc(P(=O)(OC(C)C)OC(C)C)cc(OP(=O)(OC(C)(C)C)OC(C)(C)C)c1C(C)(C)CC(=O)N(c1nn(CC(F)(F)F)c2c(-c3ccc(C#CC(C)(C)S(C)(=O)=O)nc3[C@H](Cc3cc(F)cc(F)c3)NC(=O)Cn3nc(C(F)(F)F)c4c3C(F)(F)[C@@H]3C[C@H]43)ccc(Cl)c12)S(C)(=O)=O. The number of alkyl halides is 8. The molecule has 3 atom stereocenters. The molecule has 1 saturated carbocycles. The number of nitrogens with zero attached hydrogens (tertiary/aromatic N) is 6. The fraction of sp³-hybridized carbons (Fsp3) is 0.523. The molecule has 3 aromatic heterocycles. The van der Waals surface area contributed by atoms with Crippen LogP contribution >= 0.6 is 27.0 Å². The van der Waals surface area contributed by atoms with Crippen molar-refractivity contribution >= 4 is 80.7 Å². The second-order valence-corrected chi connectivity index (χ2v) is 36.6. The third-order valence-electron chi connectivity index (χ3n) is 15.6. The van der Waals surface area contributed by atoms with Crippen molar-refractivity contribution in [3.8, 4) is 28.7 Å². The van der Waals surface area contributed by atoms with Crippen LogP contribution < -0.4 is 19.5 Å². The number of hydrogen-bond donors (Lipinski definition) is 1. The summed E-state index contributed by atoms with van der Waals surface area (Å²) in [7, 11) is -18.3. The van der Waals surface area contributed by atoms with Crippen LogP contribution in [0.2, 0.25) is 5.02 Å². The number of aromatic nitrogens is 5. The molecule has 1 fully saturated rings. The molecule has 548 valence electrons. The van der Waals surface area contributed by atoms with Gasteiger partial charge in [-0.3, -0.25) is 32.6 Å². The summed E-state index contributed by atoms with van der Waals surface area (Å²) in [6.45, 7) is 19.0. The predicted molar refractivity (Wildman–Crippen MR) is 353 cm³/mol. The lowest BCUT2D eigenvalue weighted by molar-refractivity contribution is -0.143. The Morgan fingerprint density at radius 3 is 1.90 bits per heavy atom. The summed E-state index contributed by atoms with van der Waals surface area (Å²) in [4.78, 5) is 34.6. The largest absolute Gasteiger partial charge is 0.531 e. The monoisotopic (exact) mass is 1510 g/mol. The maximum Gasteiger partial charge on any atom is 0.531 e. The number of benzene rings is 3. The van der Waals surface area contributed by atoms with E-state index in [0.29, 0.717) is 12.3 Å². The first-order valence-electron chi connectivity index (χ1n) is 31.0. The highest BCUT2D eigenvalue weighted by Gasteiger charge is 2.68. The third kappa shape index (κ3) is 17.8. The Balaban J connectivity index is 1.36. The molecule has 3 heterocycles. The Morgan fingerprint density at radius 1 is 0.810 bits per heavy atom. The number of nitrogens with one attached hydrogen (secondary N) is 1. The number of carbonyl (C=O) groups excluding carboxylic acids is 2. The van der Waals surface area contributed by atoms with Crippen LogP contribution in [0.15, 0.2) is 54.6 Å². The van der Waals surface area contributed by atoms with Gasteiger partial charge < -0.3 is 18.9 Å². The van der Waals surface area contributed by atoms with Crippen molar-refractivity contribution in [3.63, 3.8) is 0 Å². The lowest BCUT2D eigenvalue weighted by atomic mass is 9.78. The summed E-state index contributed by atoms with van der Waals surface area (Å²) >= 11 is 6.96. The number of rotatable bonds is 23. The Labute approximate surface area is 577 Å². The first-order valence-corrected chi connectivity index (χ1v) is 38.1. The van der Waals surface area contributed by atoms with E-state index in [1.54, 1.807) is 69.2 Å². The van der Waals surface area contributed by atoms with E-state index in [1.165, 1.54) is 46.8 Å². The molecule has 100 heavy (non-hydrogen) atoms. The van der Waals surface area contributed by atoms with Gasteiger partial charge in [-0.1, -0.05) is 37.4 Å². The molecule has 2 aliphatic carbocycles. The molecule has 20 nitrogen and oxygen atoms in total. The molecule has 2 amide bonds. The lowest BCUT2D eigenvalue weighted by Crippen LogP contribution is -2.40. The molecule has 6 aromatic rings. The summed E-state index contributed by atoms with van der Waals surface area (Å²) in [5.41, 5.74) is -10.4. The molecule has 0 unspecified atom stereocenters. The molecule has 35 heteroatoms. The first-order chi connectivity index (χ1) is 45.3. The molecule has 0 spiro atoms. The van der Waals surface area contributed by atoms with Crippen LogP contribution in [0.5, 0.6) is 5.75 Å². The Kier molecular flexibility index (Phi) is 21.7. The third-order valence-corrected chi connectivity index (χ3v) is 23.2. The highest BCUT2D eigenvalue weighted by Crippen LogP contribution is 2.69. The number of hydrogen-bond acceptors (Lipinski definition) is 16. The second kappa shape index (κ2) is 27.3. The van der Waals surface area contributed by atoms with Crippen LogP contribution in [-0.2, 0) is 93.7 Å². The zero-order valence-corrected chi connectivity index (χ0v) is 61.7. The van der Waals surface area contributed by atoms with Crippen molar-refractivity contribution in [2.75, 3.05) is 16.8 Å². The van der Waals surface area contributed by atoms with Gasteiger partial charge >= 0.3 is 27.8 Å². The number of phosphoric acid groups is 1. The van der Waals surface area contributed by atoms with E-state index >= 15 is 40.1 Å². The normalized spacial score (nSPS) is 16.5. The fourth-order valence-corrected chi connectivity index (χ4v) is 17.0. The summed E-state index contributed by atoms with van der Waals surface area (Å²) in [6, 6.07) is 7.15. The minimum atomic E-state index is -5.27. The number of aryl methyl sites for hydroxylation is 1. The maximum atomic E-state index is 15.9. The van der Waals surface area contributed by atoms with Gasteiger partial charge in [-0.15, -0.1) is 0 Å². The molecule has 3 aromatic carbocycles. The average Bonchev–Trinajstić information content (AvgIpc) is 1.51. The van der Waals surface area contributed by atoms with Crippen LogP contribution in [0.4, 0.5) is 49.7 Å². The number of pyridine rings is 1. The van der Waals surface area contributed by atoms with Gasteiger partial charge in [0.25, 0.3) is 5.92 Å². The Morgan fingerprint density at radius 2 is 1.38 bits per heavy atom. The van der Waals surface area contributed by atoms with E-state index in [0.717, 1.165) is 42.7 Å². The Hall–Kier alpha value is -6.42. The number of halogens is 11. The zero-order chi connectivity index (χ0) is 75.3. The standard InChI is InChI=1S/C65H76ClF10N7O13P2S2/c1-34(2)92-97(86,93-35(3)4)41-24-36(5)53(48(29-41)94-98(87,95-59(6,7)8)96-60(9,10)11)61(12,13)31-50(85)83(100(17,90)91)58-52-46(66)21-20-43(55(52)82(80-58)33-63(69,70)71)42-19-18-40(22-23-62(14,15)99(16,88)89)77-54(42)47(27-37-25-38(67)28-39(68)26-37)78-49(84)32-81-57-51(56(79-81)65(74,75)76)44-30-45(44)64(57,72)73/h18-21,24-26,28-29,34-35,44-45,47H,27,30-33H2,1-17H3,(H,78,84)/t44-,45+,47-/m0/s1. The molecule has 8 rings (SSSR count). The molecule has 0 aliphatic heterocycles. The van der Waals surface area contributed by atoms with Crippen LogP contribution in [0, 0.1) is 36.3 Å². The van der Waals surface area contributed by atoms with Crippen LogP contribution in [0.1, 0.15) is 167 Å². The maximum absolute atomic E-state index is 15.9. The van der Waals surface area contributed by atoms with Gasteiger partial charge in [-0.05, 0) is 168 Å². The highest BCUT2D eigenvalue weighted by atomic mass is 35.5. The van der Waals surface area contributed by atoms with Gasteiger partial charge in [0.15, 0.2) is 21.3 Å².